The third-order valence-electron chi connectivity index (χ3n) is 2.11. The molecule has 1 aromatic rings. The number of fused-ring (bicyclic) bond motifs is 1. The van der Waals surface area contributed by atoms with Gasteiger partial charge in [0.1, 0.15) is 5.03 Å². The molecule has 0 saturated heterocycles. The predicted octanol–water partition coefficient (Wildman–Crippen LogP) is 0.558. The van der Waals surface area contributed by atoms with E-state index >= 15 is 0 Å². The predicted molar refractivity (Wildman–Crippen MR) is 52.7 cm³/mol. The van der Waals surface area contributed by atoms with Crippen molar-refractivity contribution in [3.05, 3.63) is 23.9 Å². The Bertz CT molecular complexity index is 356. The van der Waals surface area contributed by atoms with Gasteiger partial charge < -0.3 is 10.5 Å². The van der Waals surface area contributed by atoms with Crippen LogP contribution >= 0.6 is 11.8 Å². The van der Waals surface area contributed by atoms with E-state index in [2.05, 4.69) is 9.72 Å². The Kier molecular flexibility index (Phi) is 2.20. The summed E-state index contributed by atoms with van der Waals surface area (Å²) in [6, 6.07) is 3.76. The van der Waals surface area contributed by atoms with Crippen LogP contribution in [-0.2, 0) is 16.0 Å². The zero-order valence-corrected chi connectivity index (χ0v) is 8.50. The number of rotatable bonds is 1. The molecule has 0 bridgehead atoms. The standard InChI is InChI=1S/C9H10N2O2S/c1-13-8(12)9(10)5-6-3-2-4-11-7(6)14-9/h2-4H,5,10H2,1H3. The van der Waals surface area contributed by atoms with Crippen LogP contribution in [0.5, 0.6) is 0 Å². The maximum absolute atomic E-state index is 11.4. The van der Waals surface area contributed by atoms with E-state index < -0.39 is 10.8 Å². The first-order chi connectivity index (χ1) is 6.65. The maximum Gasteiger partial charge on any atom is 0.337 e. The number of hydrogen-bond acceptors (Lipinski definition) is 5. The van der Waals surface area contributed by atoms with E-state index in [1.54, 1.807) is 6.20 Å². The molecule has 2 rings (SSSR count). The monoisotopic (exact) mass is 210 g/mol. The van der Waals surface area contributed by atoms with Crippen LogP contribution in [-0.4, -0.2) is 22.9 Å². The number of nitrogens with zero attached hydrogens (tertiary/aromatic N) is 1. The molecule has 14 heavy (non-hydrogen) atoms. The van der Waals surface area contributed by atoms with Crippen molar-refractivity contribution < 1.29 is 9.53 Å². The van der Waals surface area contributed by atoms with E-state index in [-0.39, 0.29) is 0 Å². The Hall–Kier alpha value is -1.07. The smallest absolute Gasteiger partial charge is 0.337 e. The summed E-state index contributed by atoms with van der Waals surface area (Å²) in [6.07, 6.45) is 2.17. The average molecular weight is 210 g/mol. The van der Waals surface area contributed by atoms with Gasteiger partial charge in [-0.1, -0.05) is 17.8 Å². The number of hydrogen-bond donors (Lipinski definition) is 1. The molecule has 2 N–H and O–H groups in total. The summed E-state index contributed by atoms with van der Waals surface area (Å²) >= 11 is 1.26. The van der Waals surface area contributed by atoms with Crippen LogP contribution in [0.15, 0.2) is 23.4 Å². The van der Waals surface area contributed by atoms with Crippen LogP contribution in [0, 0.1) is 0 Å². The largest absolute Gasteiger partial charge is 0.467 e. The number of methoxy groups -OCH3 is 1. The van der Waals surface area contributed by atoms with Gasteiger partial charge in [-0.15, -0.1) is 0 Å². The molecule has 2 heterocycles. The first-order valence-corrected chi connectivity index (χ1v) is 4.97. The number of ether oxygens (including phenoxy) is 1. The fourth-order valence-corrected chi connectivity index (χ4v) is 2.55. The Morgan fingerprint density at radius 1 is 1.79 bits per heavy atom. The Balaban J connectivity index is 2.30. The summed E-state index contributed by atoms with van der Waals surface area (Å²) in [6.45, 7) is 0. The van der Waals surface area contributed by atoms with Gasteiger partial charge in [-0.3, -0.25) is 0 Å². The molecular formula is C9H10N2O2S. The summed E-state index contributed by atoms with van der Waals surface area (Å²) < 4.78 is 4.66. The van der Waals surface area contributed by atoms with E-state index in [9.17, 15) is 4.79 Å². The third-order valence-corrected chi connectivity index (χ3v) is 3.35. The lowest BCUT2D eigenvalue weighted by Gasteiger charge is -2.17. The van der Waals surface area contributed by atoms with Gasteiger partial charge in [-0.25, -0.2) is 9.78 Å². The molecule has 0 fully saturated rings. The maximum atomic E-state index is 11.4. The van der Waals surface area contributed by atoms with Crippen molar-refractivity contribution >= 4 is 17.7 Å². The zero-order valence-electron chi connectivity index (χ0n) is 7.69. The number of aromatic nitrogens is 1. The molecule has 0 amide bonds. The van der Waals surface area contributed by atoms with Gasteiger partial charge in [-0.2, -0.15) is 0 Å². The van der Waals surface area contributed by atoms with Gasteiger partial charge in [0.15, 0.2) is 4.87 Å². The van der Waals surface area contributed by atoms with Crippen molar-refractivity contribution in [3.63, 3.8) is 0 Å². The molecule has 1 atom stereocenters. The van der Waals surface area contributed by atoms with Crippen LogP contribution in [0.25, 0.3) is 0 Å². The van der Waals surface area contributed by atoms with E-state index in [0.717, 1.165) is 10.6 Å². The normalized spacial score (nSPS) is 24.4. The fraction of sp³-hybridized carbons (Fsp3) is 0.333. The van der Waals surface area contributed by atoms with E-state index in [0.29, 0.717) is 6.42 Å². The Labute approximate surface area is 85.8 Å². The Morgan fingerprint density at radius 2 is 2.57 bits per heavy atom. The molecule has 0 aliphatic carbocycles. The SMILES string of the molecule is COC(=O)C1(N)Cc2cccnc2S1. The molecule has 1 aliphatic rings. The molecule has 1 unspecified atom stereocenters. The summed E-state index contributed by atoms with van der Waals surface area (Å²) in [4.78, 5) is 14.6. The highest BCUT2D eigenvalue weighted by Gasteiger charge is 2.43. The lowest BCUT2D eigenvalue weighted by molar-refractivity contribution is -0.143. The number of pyridine rings is 1. The van der Waals surface area contributed by atoms with Crippen LogP contribution < -0.4 is 5.73 Å². The first kappa shape index (κ1) is 9.48. The third kappa shape index (κ3) is 1.38. The molecule has 74 valence electrons. The zero-order chi connectivity index (χ0) is 10.2. The number of carbonyl (C=O) groups is 1. The summed E-state index contributed by atoms with van der Waals surface area (Å²) in [5.74, 6) is -0.402. The van der Waals surface area contributed by atoms with Crippen molar-refractivity contribution in [1.82, 2.24) is 4.98 Å². The molecule has 0 radical (unpaired) electrons. The van der Waals surface area contributed by atoms with E-state index in [1.807, 2.05) is 12.1 Å². The second kappa shape index (κ2) is 3.25. The number of esters is 1. The minimum atomic E-state index is -0.995. The highest BCUT2D eigenvalue weighted by molar-refractivity contribution is 8.01. The molecular weight excluding hydrogens is 200 g/mol. The number of thioether (sulfide) groups is 1. The second-order valence-corrected chi connectivity index (χ2v) is 4.45. The van der Waals surface area contributed by atoms with Crippen LogP contribution in [0.1, 0.15) is 5.56 Å². The molecule has 0 saturated carbocycles. The lowest BCUT2D eigenvalue weighted by Crippen LogP contribution is -2.45. The van der Waals surface area contributed by atoms with Crippen LogP contribution in [0.3, 0.4) is 0 Å². The van der Waals surface area contributed by atoms with Crippen molar-refractivity contribution in [2.24, 2.45) is 5.73 Å². The van der Waals surface area contributed by atoms with Crippen molar-refractivity contribution in [1.29, 1.82) is 0 Å². The van der Waals surface area contributed by atoms with Crippen LogP contribution in [0.2, 0.25) is 0 Å². The van der Waals surface area contributed by atoms with E-state index in [1.165, 1.54) is 18.9 Å². The molecule has 1 aromatic heterocycles. The summed E-state index contributed by atoms with van der Waals surface area (Å²) in [5.41, 5.74) is 6.92. The minimum absolute atomic E-state index is 0.402. The van der Waals surface area contributed by atoms with Gasteiger partial charge in [0.2, 0.25) is 0 Å². The van der Waals surface area contributed by atoms with Crippen molar-refractivity contribution in [3.8, 4) is 0 Å². The molecule has 5 heteroatoms. The van der Waals surface area contributed by atoms with Crippen LogP contribution in [0.4, 0.5) is 0 Å². The molecule has 0 spiro atoms. The van der Waals surface area contributed by atoms with Crippen molar-refractivity contribution in [2.75, 3.05) is 7.11 Å². The highest BCUT2D eigenvalue weighted by atomic mass is 32.2. The fourth-order valence-electron chi connectivity index (χ4n) is 1.43. The highest BCUT2D eigenvalue weighted by Crippen LogP contribution is 2.40. The van der Waals surface area contributed by atoms with Gasteiger partial charge >= 0.3 is 5.97 Å². The molecule has 1 aliphatic heterocycles. The van der Waals surface area contributed by atoms with E-state index in [4.69, 9.17) is 5.73 Å². The van der Waals surface area contributed by atoms with Gasteiger partial charge in [0, 0.05) is 12.6 Å². The summed E-state index contributed by atoms with van der Waals surface area (Å²) in [5, 5.41) is 0.820. The first-order valence-electron chi connectivity index (χ1n) is 4.16. The van der Waals surface area contributed by atoms with Crippen molar-refractivity contribution in [2.45, 2.75) is 16.3 Å². The Morgan fingerprint density at radius 3 is 3.21 bits per heavy atom. The quantitative estimate of drug-likeness (QED) is 0.686. The van der Waals surface area contributed by atoms with Gasteiger partial charge in [0.25, 0.3) is 0 Å². The molecule has 0 aromatic carbocycles. The number of carbonyl (C=O) groups excluding carboxylic acids is 1. The molecule has 4 nitrogen and oxygen atoms in total. The lowest BCUT2D eigenvalue weighted by atomic mass is 10.1. The second-order valence-electron chi connectivity index (χ2n) is 3.13. The van der Waals surface area contributed by atoms with Gasteiger partial charge in [-0.05, 0) is 11.6 Å². The number of nitrogens with two attached hydrogens (primary N) is 1. The summed E-state index contributed by atoms with van der Waals surface area (Å²) in [7, 11) is 1.34. The minimum Gasteiger partial charge on any atom is -0.467 e. The average Bonchev–Trinajstić information content (AvgIpc) is 2.54. The topological polar surface area (TPSA) is 65.2 Å². The van der Waals surface area contributed by atoms with Gasteiger partial charge in [0.05, 0.1) is 7.11 Å².